The van der Waals surface area contributed by atoms with Gasteiger partial charge in [0.15, 0.2) is 0 Å². The second-order valence-corrected chi connectivity index (χ2v) is 9.22. The first kappa shape index (κ1) is 24.6. The average molecular weight is 533 g/mol. The fourth-order valence-electron chi connectivity index (χ4n) is 3.94. The Morgan fingerprint density at radius 3 is 2.41 bits per heavy atom. The highest BCUT2D eigenvalue weighted by atomic mass is 35.5. The number of halogens is 2. The van der Waals surface area contributed by atoms with Crippen LogP contribution in [0.25, 0.3) is 0 Å². The molecule has 0 bridgehead atoms. The smallest absolute Gasteiger partial charge is 0.324 e. The summed E-state index contributed by atoms with van der Waals surface area (Å²) >= 11 is 11.9. The summed E-state index contributed by atoms with van der Waals surface area (Å²) in [7, 11) is 0. The van der Waals surface area contributed by atoms with Gasteiger partial charge in [0.05, 0.1) is 21.9 Å². The van der Waals surface area contributed by atoms with E-state index in [9.17, 15) is 9.59 Å². The Balaban J connectivity index is 1.17. The number of carbonyl (C=O) groups excluding carboxylic acids is 2. The normalized spacial score (nSPS) is 13.1. The number of pyridine rings is 1. The van der Waals surface area contributed by atoms with Gasteiger partial charge in [0.2, 0.25) is 5.88 Å². The highest BCUT2D eigenvalue weighted by Crippen LogP contribution is 2.27. The first-order chi connectivity index (χ1) is 18.0. The highest BCUT2D eigenvalue weighted by Gasteiger charge is 2.29. The molecular weight excluding hydrogens is 511 g/mol. The number of hydrogen-bond acceptors (Lipinski definition) is 4. The van der Waals surface area contributed by atoms with Crippen LogP contribution < -0.4 is 15.0 Å². The van der Waals surface area contributed by atoms with E-state index in [0.29, 0.717) is 52.6 Å². The quantitative estimate of drug-likeness (QED) is 0.281. The van der Waals surface area contributed by atoms with Gasteiger partial charge in [0.1, 0.15) is 5.75 Å². The van der Waals surface area contributed by atoms with Gasteiger partial charge in [-0.2, -0.15) is 0 Å². The minimum absolute atomic E-state index is 0.0160. The SMILES string of the molecule is O=C(Nc1ccc(Oc2ccc(N3CCN(Cc4ccccc4)C3=O)cc2)nc1)c1ccc(Cl)c(Cl)c1. The molecule has 0 unspecified atom stereocenters. The molecule has 0 saturated carbocycles. The topological polar surface area (TPSA) is 74.8 Å². The molecule has 3 amide bonds. The average Bonchev–Trinajstić information content (AvgIpc) is 3.27. The van der Waals surface area contributed by atoms with Crippen molar-refractivity contribution < 1.29 is 14.3 Å². The number of amides is 3. The molecule has 1 aliphatic heterocycles. The van der Waals surface area contributed by atoms with Crippen LogP contribution in [0.2, 0.25) is 10.0 Å². The van der Waals surface area contributed by atoms with Crippen molar-refractivity contribution in [3.63, 3.8) is 0 Å². The van der Waals surface area contributed by atoms with E-state index in [-0.39, 0.29) is 11.9 Å². The Morgan fingerprint density at radius 1 is 0.919 bits per heavy atom. The Hall–Kier alpha value is -4.07. The van der Waals surface area contributed by atoms with Crippen molar-refractivity contribution in [3.8, 4) is 11.6 Å². The summed E-state index contributed by atoms with van der Waals surface area (Å²) in [5.74, 6) is 0.617. The summed E-state index contributed by atoms with van der Waals surface area (Å²) in [6.45, 7) is 1.89. The zero-order valence-corrected chi connectivity index (χ0v) is 21.1. The standard InChI is InChI=1S/C28H22Cl2N4O3/c29-24-12-6-20(16-25(24)30)27(35)32-21-7-13-26(31-17-21)37-23-10-8-22(9-11-23)34-15-14-33(28(34)36)18-19-4-2-1-3-5-19/h1-13,16-17H,14-15,18H2,(H,32,35). The maximum absolute atomic E-state index is 12.9. The molecule has 1 fully saturated rings. The maximum Gasteiger partial charge on any atom is 0.324 e. The number of aromatic nitrogens is 1. The fraction of sp³-hybridized carbons (Fsp3) is 0.107. The maximum atomic E-state index is 12.9. The van der Waals surface area contributed by atoms with E-state index >= 15 is 0 Å². The van der Waals surface area contributed by atoms with E-state index in [4.69, 9.17) is 27.9 Å². The van der Waals surface area contributed by atoms with E-state index in [2.05, 4.69) is 10.3 Å². The molecule has 1 aromatic heterocycles. The number of carbonyl (C=O) groups is 2. The predicted octanol–water partition coefficient (Wildman–Crippen LogP) is 6.88. The highest BCUT2D eigenvalue weighted by molar-refractivity contribution is 6.42. The van der Waals surface area contributed by atoms with Crippen molar-refractivity contribution in [2.45, 2.75) is 6.54 Å². The third-order valence-electron chi connectivity index (χ3n) is 5.86. The number of urea groups is 1. The van der Waals surface area contributed by atoms with Crippen LogP contribution in [0.3, 0.4) is 0 Å². The lowest BCUT2D eigenvalue weighted by atomic mass is 10.2. The van der Waals surface area contributed by atoms with Crippen LogP contribution in [0.1, 0.15) is 15.9 Å². The number of nitrogens with zero attached hydrogens (tertiary/aromatic N) is 3. The lowest BCUT2D eigenvalue weighted by Crippen LogP contribution is -2.31. The van der Waals surface area contributed by atoms with Crippen LogP contribution in [0.4, 0.5) is 16.2 Å². The summed E-state index contributed by atoms with van der Waals surface area (Å²) in [5, 5.41) is 3.44. The van der Waals surface area contributed by atoms with Crippen molar-refractivity contribution in [3.05, 3.63) is 112 Å². The van der Waals surface area contributed by atoms with Crippen LogP contribution in [-0.4, -0.2) is 34.9 Å². The second-order valence-electron chi connectivity index (χ2n) is 8.41. The molecule has 5 rings (SSSR count). The van der Waals surface area contributed by atoms with Crippen molar-refractivity contribution >= 4 is 46.5 Å². The molecule has 0 spiro atoms. The van der Waals surface area contributed by atoms with Gasteiger partial charge in [0.25, 0.3) is 5.91 Å². The Labute approximate surface area is 224 Å². The van der Waals surface area contributed by atoms with Crippen LogP contribution in [0.15, 0.2) is 91.1 Å². The molecule has 2 heterocycles. The van der Waals surface area contributed by atoms with Crippen molar-refractivity contribution in [1.29, 1.82) is 0 Å². The van der Waals surface area contributed by atoms with Crippen molar-refractivity contribution in [2.75, 3.05) is 23.3 Å². The van der Waals surface area contributed by atoms with E-state index < -0.39 is 0 Å². The van der Waals surface area contributed by atoms with Crippen molar-refractivity contribution in [2.24, 2.45) is 0 Å². The lowest BCUT2D eigenvalue weighted by molar-refractivity contribution is 0.102. The first-order valence-electron chi connectivity index (χ1n) is 11.6. The molecule has 9 heteroatoms. The number of anilines is 2. The molecule has 0 aliphatic carbocycles. The predicted molar refractivity (Wildman–Crippen MR) is 145 cm³/mol. The second kappa shape index (κ2) is 10.9. The van der Waals surface area contributed by atoms with Gasteiger partial charge in [-0.3, -0.25) is 9.69 Å². The molecule has 1 saturated heterocycles. The monoisotopic (exact) mass is 532 g/mol. The first-order valence-corrected chi connectivity index (χ1v) is 12.3. The molecule has 0 atom stereocenters. The zero-order valence-electron chi connectivity index (χ0n) is 19.6. The van der Waals surface area contributed by atoms with Gasteiger partial charge < -0.3 is 15.0 Å². The van der Waals surface area contributed by atoms with Crippen LogP contribution in [0.5, 0.6) is 11.6 Å². The van der Waals surface area contributed by atoms with E-state index in [0.717, 1.165) is 11.3 Å². The zero-order chi connectivity index (χ0) is 25.8. The van der Waals surface area contributed by atoms with Gasteiger partial charge in [-0.05, 0) is 54.1 Å². The van der Waals surface area contributed by atoms with Gasteiger partial charge in [0, 0.05) is 37.0 Å². The summed E-state index contributed by atoms with van der Waals surface area (Å²) in [5.41, 5.74) is 2.80. The molecule has 3 aromatic carbocycles. The lowest BCUT2D eigenvalue weighted by Gasteiger charge is -2.19. The molecule has 1 aliphatic rings. The summed E-state index contributed by atoms with van der Waals surface area (Å²) in [4.78, 5) is 33.2. The van der Waals surface area contributed by atoms with Crippen LogP contribution >= 0.6 is 23.2 Å². The van der Waals surface area contributed by atoms with E-state index in [1.807, 2.05) is 47.4 Å². The molecule has 0 radical (unpaired) electrons. The molecule has 37 heavy (non-hydrogen) atoms. The molecule has 4 aromatic rings. The van der Waals surface area contributed by atoms with Crippen LogP contribution in [-0.2, 0) is 6.54 Å². The number of ether oxygens (including phenoxy) is 1. The molecule has 186 valence electrons. The Kier molecular flexibility index (Phi) is 7.25. The Bertz CT molecular complexity index is 1410. The van der Waals surface area contributed by atoms with E-state index in [1.54, 1.807) is 41.3 Å². The summed E-state index contributed by atoms with van der Waals surface area (Å²) in [6, 6.07) is 25.2. The minimum atomic E-state index is -0.330. The third kappa shape index (κ3) is 5.85. The molecule has 7 nitrogen and oxygen atoms in total. The van der Waals surface area contributed by atoms with Gasteiger partial charge in [-0.1, -0.05) is 53.5 Å². The van der Waals surface area contributed by atoms with Gasteiger partial charge in [-0.15, -0.1) is 0 Å². The minimum Gasteiger partial charge on any atom is -0.439 e. The largest absolute Gasteiger partial charge is 0.439 e. The van der Waals surface area contributed by atoms with Gasteiger partial charge in [-0.25, -0.2) is 9.78 Å². The number of hydrogen-bond donors (Lipinski definition) is 1. The van der Waals surface area contributed by atoms with Crippen molar-refractivity contribution in [1.82, 2.24) is 9.88 Å². The summed E-state index contributed by atoms with van der Waals surface area (Å²) < 4.78 is 5.83. The molecular formula is C28H22Cl2N4O3. The van der Waals surface area contributed by atoms with Gasteiger partial charge >= 0.3 is 6.03 Å². The number of benzene rings is 3. The molecule has 1 N–H and O–H groups in total. The van der Waals surface area contributed by atoms with Crippen LogP contribution in [0, 0.1) is 0 Å². The van der Waals surface area contributed by atoms with E-state index in [1.165, 1.54) is 12.3 Å². The third-order valence-corrected chi connectivity index (χ3v) is 6.60. The number of rotatable bonds is 7. The summed E-state index contributed by atoms with van der Waals surface area (Å²) in [6.07, 6.45) is 1.50. The Morgan fingerprint density at radius 2 is 1.70 bits per heavy atom. The number of nitrogens with one attached hydrogen (secondary N) is 1. The fourth-order valence-corrected chi connectivity index (χ4v) is 4.24.